The maximum absolute atomic E-state index is 12.9. The number of hydrogen-bond acceptors (Lipinski definition) is 8. The van der Waals surface area contributed by atoms with E-state index in [1.54, 1.807) is 12.1 Å². The molecule has 2 aromatic carbocycles. The highest BCUT2D eigenvalue weighted by atomic mass is 16.5. The number of carbonyl (C=O) groups excluding carboxylic acids is 3. The fourth-order valence-electron chi connectivity index (χ4n) is 3.79. The number of hydrogen-bond donors (Lipinski definition) is 1. The van der Waals surface area contributed by atoms with E-state index in [0.717, 1.165) is 16.0 Å². The molecule has 3 aromatic rings. The first-order chi connectivity index (χ1) is 17.8. The maximum Gasteiger partial charge on any atom is 0.373 e. The topological polar surface area (TPSA) is 117 Å². The van der Waals surface area contributed by atoms with Gasteiger partial charge in [0.15, 0.2) is 11.5 Å². The second kappa shape index (κ2) is 10.9. The minimum absolute atomic E-state index is 0.0239. The molecule has 1 aromatic heterocycles. The molecule has 10 nitrogen and oxygen atoms in total. The van der Waals surface area contributed by atoms with Gasteiger partial charge in [0.1, 0.15) is 18.1 Å². The lowest BCUT2D eigenvalue weighted by molar-refractivity contribution is -0.123. The number of rotatable bonds is 9. The van der Waals surface area contributed by atoms with Crippen molar-refractivity contribution >= 4 is 24.0 Å². The van der Waals surface area contributed by atoms with E-state index in [1.165, 1.54) is 39.5 Å². The highest BCUT2D eigenvalue weighted by molar-refractivity contribution is 6.13. The summed E-state index contributed by atoms with van der Waals surface area (Å²) in [6.45, 7) is 2.16. The van der Waals surface area contributed by atoms with Crippen molar-refractivity contribution in [3.63, 3.8) is 0 Å². The Bertz CT molecular complexity index is 1350. The lowest BCUT2D eigenvalue weighted by Gasteiger charge is -2.16. The summed E-state index contributed by atoms with van der Waals surface area (Å²) in [6, 6.07) is 13.6. The Morgan fingerprint density at radius 2 is 1.76 bits per heavy atom. The van der Waals surface area contributed by atoms with Gasteiger partial charge in [-0.05, 0) is 48.4 Å². The summed E-state index contributed by atoms with van der Waals surface area (Å²) in [5.41, 5.74) is 2.72. The number of furan rings is 1. The van der Waals surface area contributed by atoms with Crippen LogP contribution >= 0.6 is 0 Å². The zero-order valence-corrected chi connectivity index (χ0v) is 20.8. The monoisotopic (exact) mass is 506 g/mol. The largest absolute Gasteiger partial charge is 0.493 e. The van der Waals surface area contributed by atoms with Gasteiger partial charge >= 0.3 is 12.0 Å². The van der Waals surface area contributed by atoms with Gasteiger partial charge in [-0.3, -0.25) is 9.69 Å². The van der Waals surface area contributed by atoms with E-state index in [2.05, 4.69) is 10.1 Å². The van der Waals surface area contributed by atoms with E-state index in [0.29, 0.717) is 29.4 Å². The molecular weight excluding hydrogens is 480 g/mol. The van der Waals surface area contributed by atoms with Gasteiger partial charge in [-0.25, -0.2) is 9.59 Å². The standard InChI is InChI=1S/C27H26N2O8/c1-16-6-5-7-17(10-16)15-36-24-22(33-2)12-18(13-23(24)34-3)11-20-25(30)29(27(32)28-20)14-19-8-9-21(37-19)26(31)35-4/h5-13H,14-15H2,1-4H3,(H,28,32)/b20-11-. The molecule has 0 aliphatic carbocycles. The van der Waals surface area contributed by atoms with E-state index >= 15 is 0 Å². The highest BCUT2D eigenvalue weighted by Gasteiger charge is 2.34. The van der Waals surface area contributed by atoms with Crippen molar-refractivity contribution in [3.8, 4) is 17.2 Å². The van der Waals surface area contributed by atoms with E-state index in [-0.39, 0.29) is 23.8 Å². The van der Waals surface area contributed by atoms with Crippen molar-refractivity contribution in [1.29, 1.82) is 0 Å². The molecule has 0 saturated carbocycles. The lowest BCUT2D eigenvalue weighted by atomic mass is 10.1. The summed E-state index contributed by atoms with van der Waals surface area (Å²) >= 11 is 0. The quantitative estimate of drug-likeness (QED) is 0.262. The van der Waals surface area contributed by atoms with Crippen LogP contribution in [0.3, 0.4) is 0 Å². The number of nitrogens with zero attached hydrogens (tertiary/aromatic N) is 1. The molecule has 3 amide bonds. The Labute approximate surface area is 213 Å². The van der Waals surface area contributed by atoms with Gasteiger partial charge in [0, 0.05) is 0 Å². The van der Waals surface area contributed by atoms with Crippen LogP contribution in [0.1, 0.15) is 33.0 Å². The summed E-state index contributed by atoms with van der Waals surface area (Å²) in [5, 5.41) is 2.56. The van der Waals surface area contributed by atoms with Gasteiger partial charge in [0.2, 0.25) is 11.5 Å². The fourth-order valence-corrected chi connectivity index (χ4v) is 3.79. The average Bonchev–Trinajstić information content (AvgIpc) is 3.47. The second-order valence-corrected chi connectivity index (χ2v) is 8.17. The average molecular weight is 507 g/mol. The minimum atomic E-state index is -0.654. The van der Waals surface area contributed by atoms with Gasteiger partial charge in [-0.2, -0.15) is 0 Å². The summed E-state index contributed by atoms with van der Waals surface area (Å²) in [5.74, 6) is 0.234. The lowest BCUT2D eigenvalue weighted by Crippen LogP contribution is -2.30. The Morgan fingerprint density at radius 1 is 1.03 bits per heavy atom. The number of aryl methyl sites for hydroxylation is 1. The van der Waals surface area contributed by atoms with Crippen LogP contribution in [0, 0.1) is 6.92 Å². The molecule has 37 heavy (non-hydrogen) atoms. The third kappa shape index (κ3) is 5.58. The number of ether oxygens (including phenoxy) is 4. The molecule has 0 bridgehead atoms. The summed E-state index contributed by atoms with van der Waals surface area (Å²) < 4.78 is 27.0. The van der Waals surface area contributed by atoms with Crippen LogP contribution in [0.5, 0.6) is 17.2 Å². The molecule has 0 atom stereocenters. The van der Waals surface area contributed by atoms with Crippen LogP contribution in [0.2, 0.25) is 0 Å². The molecule has 1 fully saturated rings. The van der Waals surface area contributed by atoms with Crippen molar-refractivity contribution in [2.75, 3.05) is 21.3 Å². The van der Waals surface area contributed by atoms with Gasteiger partial charge in [0.05, 0.1) is 27.9 Å². The zero-order valence-electron chi connectivity index (χ0n) is 20.8. The summed E-state index contributed by atoms with van der Waals surface area (Å²) in [7, 11) is 4.23. The smallest absolute Gasteiger partial charge is 0.373 e. The second-order valence-electron chi connectivity index (χ2n) is 8.17. The van der Waals surface area contributed by atoms with E-state index in [9.17, 15) is 14.4 Å². The van der Waals surface area contributed by atoms with E-state index in [1.807, 2.05) is 31.2 Å². The molecule has 1 saturated heterocycles. The normalized spacial score (nSPS) is 14.1. The number of urea groups is 1. The molecule has 1 aliphatic rings. The van der Waals surface area contributed by atoms with Crippen molar-refractivity contribution in [2.24, 2.45) is 0 Å². The first kappa shape index (κ1) is 25.4. The molecule has 0 unspecified atom stereocenters. The van der Waals surface area contributed by atoms with Crippen LogP contribution in [0.25, 0.3) is 6.08 Å². The molecule has 0 spiro atoms. The van der Waals surface area contributed by atoms with Crippen LogP contribution in [0.4, 0.5) is 4.79 Å². The molecule has 0 radical (unpaired) electrons. The minimum Gasteiger partial charge on any atom is -0.493 e. The highest BCUT2D eigenvalue weighted by Crippen LogP contribution is 2.39. The van der Waals surface area contributed by atoms with E-state index < -0.39 is 17.9 Å². The Balaban J connectivity index is 1.54. The molecule has 1 aliphatic heterocycles. The number of imide groups is 1. The van der Waals surface area contributed by atoms with Crippen molar-refractivity contribution in [3.05, 3.63) is 82.4 Å². The predicted octanol–water partition coefficient (Wildman–Crippen LogP) is 4.06. The van der Waals surface area contributed by atoms with Crippen LogP contribution in [-0.4, -0.2) is 44.1 Å². The van der Waals surface area contributed by atoms with Gasteiger partial charge < -0.3 is 28.7 Å². The first-order valence-corrected chi connectivity index (χ1v) is 11.3. The van der Waals surface area contributed by atoms with Crippen LogP contribution < -0.4 is 19.5 Å². The van der Waals surface area contributed by atoms with Crippen molar-refractivity contribution in [1.82, 2.24) is 10.2 Å². The van der Waals surface area contributed by atoms with Crippen molar-refractivity contribution < 1.29 is 37.7 Å². The number of carbonyl (C=O) groups is 3. The molecule has 4 rings (SSSR count). The number of nitrogens with one attached hydrogen (secondary N) is 1. The number of benzene rings is 2. The maximum atomic E-state index is 12.9. The number of methoxy groups -OCH3 is 3. The molecule has 192 valence electrons. The number of esters is 1. The molecule has 1 N–H and O–H groups in total. The third-order valence-corrected chi connectivity index (χ3v) is 5.58. The molecule has 2 heterocycles. The Morgan fingerprint density at radius 3 is 2.41 bits per heavy atom. The van der Waals surface area contributed by atoms with E-state index in [4.69, 9.17) is 18.6 Å². The van der Waals surface area contributed by atoms with Crippen LogP contribution in [0.15, 0.2) is 58.6 Å². The summed E-state index contributed by atoms with van der Waals surface area (Å²) in [4.78, 5) is 38.0. The first-order valence-electron chi connectivity index (χ1n) is 11.3. The molecule has 10 heteroatoms. The van der Waals surface area contributed by atoms with Gasteiger partial charge in [0.25, 0.3) is 5.91 Å². The Hall–Kier alpha value is -4.73. The van der Waals surface area contributed by atoms with Gasteiger partial charge in [-0.1, -0.05) is 29.8 Å². The third-order valence-electron chi connectivity index (χ3n) is 5.58. The fraction of sp³-hybridized carbons (Fsp3) is 0.222. The van der Waals surface area contributed by atoms with Crippen molar-refractivity contribution in [2.45, 2.75) is 20.1 Å². The SMILES string of the molecule is COC(=O)c1ccc(CN2C(=O)N/C(=C\c3cc(OC)c(OCc4cccc(C)c4)c(OC)c3)C2=O)o1. The Kier molecular flexibility index (Phi) is 7.47. The van der Waals surface area contributed by atoms with Crippen LogP contribution in [-0.2, 0) is 22.7 Å². The summed E-state index contributed by atoms with van der Waals surface area (Å²) in [6.07, 6.45) is 1.51. The zero-order chi connectivity index (χ0) is 26.5. The molecular formula is C27H26N2O8. The predicted molar refractivity (Wildman–Crippen MR) is 132 cm³/mol. The van der Waals surface area contributed by atoms with Gasteiger partial charge in [-0.15, -0.1) is 0 Å². The number of amides is 3.